The molecule has 1 heterocycles. The molecule has 3 rings (SSSR count). The van der Waals surface area contributed by atoms with Crippen LogP contribution in [0.25, 0.3) is 0 Å². The minimum Gasteiger partial charge on any atom is -0.336 e. The van der Waals surface area contributed by atoms with Crippen molar-refractivity contribution < 1.29 is 9.59 Å². The normalized spacial score (nSPS) is 19.4. The molecule has 1 saturated heterocycles. The summed E-state index contributed by atoms with van der Waals surface area (Å²) in [4.78, 5) is 27.9. The van der Waals surface area contributed by atoms with Crippen molar-refractivity contribution in [3.8, 4) is 0 Å². The van der Waals surface area contributed by atoms with Gasteiger partial charge in [-0.1, -0.05) is 23.2 Å². The number of benzene rings is 1. The van der Waals surface area contributed by atoms with Crippen LogP contribution in [0.3, 0.4) is 0 Å². The standard InChI is InChI=1S/C14H14Cl2N2O2/c15-9-1-4-11(12(16)7-9)14(20)17-5-6-18(10-2-3-10)13(19)8-17/h1,4,7,10H,2-3,5-6,8H2. The number of hydrogen-bond acceptors (Lipinski definition) is 2. The number of piperazine rings is 1. The maximum Gasteiger partial charge on any atom is 0.255 e. The van der Waals surface area contributed by atoms with E-state index in [2.05, 4.69) is 0 Å². The zero-order chi connectivity index (χ0) is 14.3. The highest BCUT2D eigenvalue weighted by atomic mass is 35.5. The number of rotatable bonds is 2. The van der Waals surface area contributed by atoms with E-state index < -0.39 is 0 Å². The van der Waals surface area contributed by atoms with Gasteiger partial charge >= 0.3 is 0 Å². The van der Waals surface area contributed by atoms with Crippen molar-refractivity contribution in [2.45, 2.75) is 18.9 Å². The Labute approximate surface area is 127 Å². The molecular weight excluding hydrogens is 299 g/mol. The molecule has 1 aliphatic carbocycles. The molecule has 1 saturated carbocycles. The van der Waals surface area contributed by atoms with E-state index in [0.29, 0.717) is 34.7 Å². The molecule has 0 spiro atoms. The lowest BCUT2D eigenvalue weighted by atomic mass is 10.1. The van der Waals surface area contributed by atoms with Crippen LogP contribution in [-0.2, 0) is 4.79 Å². The first-order chi connectivity index (χ1) is 9.56. The van der Waals surface area contributed by atoms with Gasteiger partial charge in [-0.25, -0.2) is 0 Å². The van der Waals surface area contributed by atoms with Crippen molar-refractivity contribution in [2.24, 2.45) is 0 Å². The second-order valence-corrected chi connectivity index (χ2v) is 6.01. The van der Waals surface area contributed by atoms with Crippen LogP contribution in [0.2, 0.25) is 10.0 Å². The lowest BCUT2D eigenvalue weighted by molar-refractivity contribution is -0.135. The molecule has 106 valence electrons. The van der Waals surface area contributed by atoms with Crippen molar-refractivity contribution in [2.75, 3.05) is 19.6 Å². The van der Waals surface area contributed by atoms with E-state index in [1.807, 2.05) is 4.90 Å². The van der Waals surface area contributed by atoms with Crippen LogP contribution in [-0.4, -0.2) is 47.3 Å². The van der Waals surface area contributed by atoms with Crippen LogP contribution in [0.5, 0.6) is 0 Å². The van der Waals surface area contributed by atoms with E-state index in [4.69, 9.17) is 23.2 Å². The Morgan fingerprint density at radius 2 is 1.95 bits per heavy atom. The molecule has 0 aromatic heterocycles. The van der Waals surface area contributed by atoms with Gasteiger partial charge in [0, 0.05) is 24.2 Å². The third-order valence-electron chi connectivity index (χ3n) is 3.69. The number of carbonyl (C=O) groups is 2. The van der Waals surface area contributed by atoms with Gasteiger partial charge in [-0.2, -0.15) is 0 Å². The SMILES string of the molecule is O=C(c1ccc(Cl)cc1Cl)N1CCN(C2CC2)C(=O)C1. The van der Waals surface area contributed by atoms with E-state index in [-0.39, 0.29) is 18.4 Å². The highest BCUT2D eigenvalue weighted by molar-refractivity contribution is 6.36. The van der Waals surface area contributed by atoms with Crippen molar-refractivity contribution in [3.63, 3.8) is 0 Å². The first-order valence-electron chi connectivity index (χ1n) is 6.60. The Kier molecular flexibility index (Phi) is 3.61. The first kappa shape index (κ1) is 13.7. The van der Waals surface area contributed by atoms with Gasteiger partial charge in [0.1, 0.15) is 6.54 Å². The Morgan fingerprint density at radius 3 is 2.55 bits per heavy atom. The summed E-state index contributed by atoms with van der Waals surface area (Å²) >= 11 is 11.9. The van der Waals surface area contributed by atoms with Gasteiger partial charge in [-0.15, -0.1) is 0 Å². The topological polar surface area (TPSA) is 40.6 Å². The Hall–Kier alpha value is -1.26. The van der Waals surface area contributed by atoms with E-state index in [9.17, 15) is 9.59 Å². The van der Waals surface area contributed by atoms with Gasteiger partial charge in [-0.3, -0.25) is 9.59 Å². The summed E-state index contributed by atoms with van der Waals surface area (Å²) in [5, 5.41) is 0.806. The molecule has 0 N–H and O–H groups in total. The molecule has 0 atom stereocenters. The monoisotopic (exact) mass is 312 g/mol. The van der Waals surface area contributed by atoms with Gasteiger partial charge in [0.2, 0.25) is 5.91 Å². The summed E-state index contributed by atoms with van der Waals surface area (Å²) in [5.41, 5.74) is 0.392. The lowest BCUT2D eigenvalue weighted by Gasteiger charge is -2.34. The average Bonchev–Trinajstić information content (AvgIpc) is 3.22. The number of halogens is 2. The van der Waals surface area contributed by atoms with Crippen molar-refractivity contribution in [1.29, 1.82) is 0 Å². The Morgan fingerprint density at radius 1 is 1.20 bits per heavy atom. The fraction of sp³-hybridized carbons (Fsp3) is 0.429. The average molecular weight is 313 g/mol. The number of carbonyl (C=O) groups excluding carboxylic acids is 2. The molecule has 2 fully saturated rings. The van der Waals surface area contributed by atoms with Gasteiger partial charge in [0.05, 0.1) is 10.6 Å². The summed E-state index contributed by atoms with van der Waals surface area (Å²) in [5.74, 6) is -0.187. The van der Waals surface area contributed by atoms with Crippen molar-refractivity contribution in [3.05, 3.63) is 33.8 Å². The molecule has 0 bridgehead atoms. The molecule has 6 heteroatoms. The zero-order valence-electron chi connectivity index (χ0n) is 10.8. The van der Waals surface area contributed by atoms with Gasteiger partial charge in [-0.05, 0) is 31.0 Å². The number of nitrogens with zero attached hydrogens (tertiary/aromatic N) is 2. The summed E-state index contributed by atoms with van der Waals surface area (Å²) in [6, 6.07) is 5.17. The second-order valence-electron chi connectivity index (χ2n) is 5.17. The van der Waals surface area contributed by atoms with Gasteiger partial charge < -0.3 is 9.80 Å². The summed E-state index contributed by atoms with van der Waals surface area (Å²) in [7, 11) is 0. The summed E-state index contributed by atoms with van der Waals surface area (Å²) in [6.45, 7) is 1.30. The maximum absolute atomic E-state index is 12.4. The molecular formula is C14H14Cl2N2O2. The largest absolute Gasteiger partial charge is 0.336 e. The van der Waals surface area contributed by atoms with Crippen molar-refractivity contribution >= 4 is 35.0 Å². The lowest BCUT2D eigenvalue weighted by Crippen LogP contribution is -2.52. The molecule has 2 aliphatic rings. The van der Waals surface area contributed by atoms with Gasteiger partial charge in [0.25, 0.3) is 5.91 Å². The predicted octanol–water partition coefficient (Wildman–Crippen LogP) is 2.44. The minimum absolute atomic E-state index is 0.0252. The van der Waals surface area contributed by atoms with Crippen LogP contribution >= 0.6 is 23.2 Å². The van der Waals surface area contributed by atoms with Crippen LogP contribution in [0.1, 0.15) is 23.2 Å². The molecule has 1 aromatic rings. The third kappa shape index (κ3) is 2.63. The fourth-order valence-corrected chi connectivity index (χ4v) is 2.95. The van der Waals surface area contributed by atoms with Crippen LogP contribution < -0.4 is 0 Å². The molecule has 0 radical (unpaired) electrons. The molecule has 2 amide bonds. The Balaban J connectivity index is 1.73. The fourth-order valence-electron chi connectivity index (χ4n) is 2.47. The smallest absolute Gasteiger partial charge is 0.255 e. The van der Waals surface area contributed by atoms with E-state index >= 15 is 0 Å². The minimum atomic E-state index is -0.213. The second kappa shape index (κ2) is 5.26. The highest BCUT2D eigenvalue weighted by Crippen LogP contribution is 2.29. The quantitative estimate of drug-likeness (QED) is 0.841. The number of amides is 2. The van der Waals surface area contributed by atoms with Gasteiger partial charge in [0.15, 0.2) is 0 Å². The van der Waals surface area contributed by atoms with E-state index in [1.165, 1.54) is 0 Å². The molecule has 1 aliphatic heterocycles. The maximum atomic E-state index is 12.4. The van der Waals surface area contributed by atoms with Crippen LogP contribution in [0.4, 0.5) is 0 Å². The predicted molar refractivity (Wildman–Crippen MR) is 77.1 cm³/mol. The number of hydrogen-bond donors (Lipinski definition) is 0. The first-order valence-corrected chi connectivity index (χ1v) is 7.35. The molecule has 1 aromatic carbocycles. The third-order valence-corrected chi connectivity index (χ3v) is 4.24. The van der Waals surface area contributed by atoms with Crippen molar-refractivity contribution in [1.82, 2.24) is 9.80 Å². The highest BCUT2D eigenvalue weighted by Gasteiger charge is 2.37. The zero-order valence-corrected chi connectivity index (χ0v) is 12.3. The Bertz CT molecular complexity index is 572. The van der Waals surface area contributed by atoms with Crippen LogP contribution in [0.15, 0.2) is 18.2 Å². The molecule has 4 nitrogen and oxygen atoms in total. The summed E-state index contributed by atoms with van der Waals surface area (Å²) < 4.78 is 0. The van der Waals surface area contributed by atoms with E-state index in [0.717, 1.165) is 12.8 Å². The molecule has 0 unspecified atom stereocenters. The van der Waals surface area contributed by atoms with E-state index in [1.54, 1.807) is 23.1 Å². The van der Waals surface area contributed by atoms with Crippen LogP contribution in [0, 0.1) is 0 Å². The summed E-state index contributed by atoms with van der Waals surface area (Å²) in [6.07, 6.45) is 2.17. The molecule has 20 heavy (non-hydrogen) atoms.